The predicted molar refractivity (Wildman–Crippen MR) is 146 cm³/mol. The molecule has 1 atom stereocenters. The molecule has 0 radical (unpaired) electrons. The van der Waals surface area contributed by atoms with Gasteiger partial charge in [0.1, 0.15) is 29.2 Å². The van der Waals surface area contributed by atoms with Crippen LogP contribution in [-0.4, -0.2) is 64.4 Å². The first-order valence-electron chi connectivity index (χ1n) is 12.9. The number of ether oxygens (including phenoxy) is 1. The average Bonchev–Trinajstić information content (AvgIpc) is 3.56. The van der Waals surface area contributed by atoms with Crippen LogP contribution in [0.15, 0.2) is 36.4 Å². The minimum absolute atomic E-state index is 0.0112. The highest BCUT2D eigenvalue weighted by Gasteiger charge is 2.30. The van der Waals surface area contributed by atoms with Crippen LogP contribution < -0.4 is 9.64 Å². The number of aromatic nitrogens is 2. The lowest BCUT2D eigenvalue weighted by molar-refractivity contribution is -0.142. The van der Waals surface area contributed by atoms with Gasteiger partial charge in [0, 0.05) is 18.7 Å². The molecule has 1 N–H and O–H groups in total. The number of hydrogen-bond donors (Lipinski definition) is 1. The number of halogens is 1. The van der Waals surface area contributed by atoms with E-state index >= 15 is 0 Å². The van der Waals surface area contributed by atoms with Gasteiger partial charge in [0.25, 0.3) is 5.91 Å². The third-order valence-corrected chi connectivity index (χ3v) is 7.71. The minimum Gasteiger partial charge on any atom is -0.492 e. The fourth-order valence-electron chi connectivity index (χ4n) is 4.76. The Kier molecular flexibility index (Phi) is 9.06. The summed E-state index contributed by atoms with van der Waals surface area (Å²) in [5.41, 5.74) is 2.73. The summed E-state index contributed by atoms with van der Waals surface area (Å²) < 4.78 is 20.4. The van der Waals surface area contributed by atoms with Crippen molar-refractivity contribution >= 4 is 28.3 Å². The first-order valence-corrected chi connectivity index (χ1v) is 13.7. The maximum absolute atomic E-state index is 14.3. The van der Waals surface area contributed by atoms with Crippen molar-refractivity contribution in [3.8, 4) is 16.3 Å². The highest BCUT2D eigenvalue weighted by Crippen LogP contribution is 2.34. The Labute approximate surface area is 226 Å². The summed E-state index contributed by atoms with van der Waals surface area (Å²) in [6, 6.07) is 9.47. The second kappa shape index (κ2) is 12.4. The number of aliphatic carboxylic acids is 1. The maximum Gasteiger partial charge on any atom is 0.320 e. The summed E-state index contributed by atoms with van der Waals surface area (Å²) in [5, 5.41) is 19.1. The molecule has 1 aliphatic rings. The molecule has 8 nitrogen and oxygen atoms in total. The van der Waals surface area contributed by atoms with Gasteiger partial charge in [-0.2, -0.15) is 0 Å². The Morgan fingerprint density at radius 3 is 2.63 bits per heavy atom. The molecule has 2 aromatic carbocycles. The van der Waals surface area contributed by atoms with E-state index in [2.05, 4.69) is 10.2 Å². The van der Waals surface area contributed by atoms with Gasteiger partial charge >= 0.3 is 5.97 Å². The number of unbranched alkanes of at least 4 members (excludes halogenated alkanes) is 1. The van der Waals surface area contributed by atoms with Gasteiger partial charge < -0.3 is 9.84 Å². The highest BCUT2D eigenvalue weighted by molar-refractivity contribution is 7.18. The number of nitrogens with zero attached hydrogens (tertiary/aromatic N) is 4. The molecule has 1 fully saturated rings. The van der Waals surface area contributed by atoms with Crippen LogP contribution in [0, 0.1) is 19.7 Å². The molecule has 0 aliphatic carbocycles. The number of anilines is 1. The van der Waals surface area contributed by atoms with Crippen LogP contribution in [0.4, 0.5) is 9.52 Å². The summed E-state index contributed by atoms with van der Waals surface area (Å²) in [7, 11) is 0. The lowest BCUT2D eigenvalue weighted by Gasteiger charge is -2.21. The molecule has 2 heterocycles. The van der Waals surface area contributed by atoms with Crippen LogP contribution in [0.25, 0.3) is 10.6 Å². The largest absolute Gasteiger partial charge is 0.492 e. The number of amides is 1. The van der Waals surface area contributed by atoms with Crippen LogP contribution in [-0.2, 0) is 4.79 Å². The number of benzene rings is 2. The summed E-state index contributed by atoms with van der Waals surface area (Å²) in [6.07, 6.45) is 3.19. The normalized spacial score (nSPS) is 15.5. The van der Waals surface area contributed by atoms with E-state index in [0.717, 1.165) is 48.2 Å². The molecule has 202 valence electrons. The van der Waals surface area contributed by atoms with Crippen LogP contribution in [0.2, 0.25) is 0 Å². The maximum atomic E-state index is 14.3. The van der Waals surface area contributed by atoms with E-state index in [0.29, 0.717) is 36.3 Å². The number of hydrogen-bond acceptors (Lipinski definition) is 7. The molecule has 4 rings (SSSR count). The highest BCUT2D eigenvalue weighted by atomic mass is 32.1. The topological polar surface area (TPSA) is 95.9 Å². The van der Waals surface area contributed by atoms with Gasteiger partial charge in [0.2, 0.25) is 5.13 Å². The molecule has 0 bridgehead atoms. The number of carbonyl (C=O) groups is 2. The van der Waals surface area contributed by atoms with Gasteiger partial charge in [-0.25, -0.2) is 4.39 Å². The Balaban J connectivity index is 1.49. The van der Waals surface area contributed by atoms with Crippen LogP contribution in [0.5, 0.6) is 5.75 Å². The van der Waals surface area contributed by atoms with E-state index in [1.165, 1.54) is 28.4 Å². The number of rotatable bonds is 11. The molecule has 38 heavy (non-hydrogen) atoms. The molecular formula is C28H33FN4O4S. The molecule has 1 amide bonds. The van der Waals surface area contributed by atoms with Crippen LogP contribution >= 0.6 is 11.3 Å². The lowest BCUT2D eigenvalue weighted by Crippen LogP contribution is -2.38. The Hall–Kier alpha value is -3.37. The van der Waals surface area contributed by atoms with Gasteiger partial charge in [-0.1, -0.05) is 36.8 Å². The number of likely N-dealkylation sites (tertiary alicyclic amines) is 1. The van der Waals surface area contributed by atoms with Crippen molar-refractivity contribution < 1.29 is 23.8 Å². The Bertz CT molecular complexity index is 1270. The molecule has 0 saturated carbocycles. The fourth-order valence-corrected chi connectivity index (χ4v) is 5.62. The smallest absolute Gasteiger partial charge is 0.320 e. The quantitative estimate of drug-likeness (QED) is 0.351. The molecular weight excluding hydrogens is 507 g/mol. The lowest BCUT2D eigenvalue weighted by atomic mass is 10.1. The predicted octanol–water partition coefficient (Wildman–Crippen LogP) is 5.34. The number of aryl methyl sites for hydroxylation is 2. The van der Waals surface area contributed by atoms with E-state index in [1.807, 2.05) is 37.8 Å². The van der Waals surface area contributed by atoms with Gasteiger partial charge in [-0.15, -0.1) is 10.2 Å². The van der Waals surface area contributed by atoms with Crippen LogP contribution in [0.3, 0.4) is 0 Å². The monoisotopic (exact) mass is 540 g/mol. The number of carboxylic acids is 1. The number of carbonyl (C=O) groups excluding carboxylic acids is 1. The van der Waals surface area contributed by atoms with Crippen molar-refractivity contribution in [3.63, 3.8) is 0 Å². The summed E-state index contributed by atoms with van der Waals surface area (Å²) in [6.45, 7) is 8.09. The zero-order chi connectivity index (χ0) is 27.2. The Morgan fingerprint density at radius 1 is 1.21 bits per heavy atom. The van der Waals surface area contributed by atoms with E-state index < -0.39 is 23.7 Å². The van der Waals surface area contributed by atoms with Gasteiger partial charge in [-0.05, 0) is 75.0 Å². The SMILES string of the molecule is CCCCN(C(=O)c1ccccc1F)c1nnc(-c2cc(C)c(OCCN3CCCC3C(=O)O)c(C)c2)s1. The van der Waals surface area contributed by atoms with Gasteiger partial charge in [0.15, 0.2) is 0 Å². The average molecular weight is 541 g/mol. The zero-order valence-electron chi connectivity index (χ0n) is 21.9. The van der Waals surface area contributed by atoms with Crippen molar-refractivity contribution in [2.45, 2.75) is 52.5 Å². The Morgan fingerprint density at radius 2 is 1.95 bits per heavy atom. The summed E-state index contributed by atoms with van der Waals surface area (Å²) in [4.78, 5) is 28.1. The fraction of sp³-hybridized carbons (Fsp3) is 0.429. The third kappa shape index (κ3) is 6.19. The first kappa shape index (κ1) is 27.7. The second-order valence-corrected chi connectivity index (χ2v) is 10.5. The molecule has 3 aromatic rings. The van der Waals surface area contributed by atoms with E-state index in [4.69, 9.17) is 4.74 Å². The molecule has 10 heteroatoms. The second-order valence-electron chi connectivity index (χ2n) is 9.50. The standard InChI is InChI=1S/C28H33FN4O4S/c1-4-5-13-33(26(34)21-9-6-7-10-22(21)29)28-31-30-25(38-28)20-16-18(2)24(19(3)17-20)37-15-14-32-12-8-11-23(32)27(35)36/h6-7,9-10,16-17,23H,4-5,8,11-15H2,1-3H3,(H,35,36). The minimum atomic E-state index is -0.778. The van der Waals surface area contributed by atoms with Crippen LogP contribution in [0.1, 0.15) is 54.1 Å². The zero-order valence-corrected chi connectivity index (χ0v) is 22.8. The molecule has 0 spiro atoms. The van der Waals surface area contributed by atoms with Crippen molar-refractivity contribution in [1.82, 2.24) is 15.1 Å². The molecule has 1 aliphatic heterocycles. The van der Waals surface area contributed by atoms with Crippen molar-refractivity contribution in [3.05, 3.63) is 58.9 Å². The first-order chi connectivity index (χ1) is 18.3. The van der Waals surface area contributed by atoms with E-state index in [-0.39, 0.29) is 5.56 Å². The van der Waals surface area contributed by atoms with Crippen molar-refractivity contribution in [1.29, 1.82) is 0 Å². The van der Waals surface area contributed by atoms with E-state index in [1.54, 1.807) is 12.1 Å². The summed E-state index contributed by atoms with van der Waals surface area (Å²) in [5.74, 6) is -1.00. The molecule has 1 aromatic heterocycles. The van der Waals surface area contributed by atoms with Gasteiger partial charge in [0.05, 0.1) is 5.56 Å². The van der Waals surface area contributed by atoms with Crippen molar-refractivity contribution in [2.75, 3.05) is 31.1 Å². The van der Waals surface area contributed by atoms with Gasteiger partial charge in [-0.3, -0.25) is 19.4 Å². The molecule has 1 unspecified atom stereocenters. The summed E-state index contributed by atoms with van der Waals surface area (Å²) >= 11 is 1.29. The van der Waals surface area contributed by atoms with E-state index in [9.17, 15) is 19.1 Å². The van der Waals surface area contributed by atoms with Crippen molar-refractivity contribution in [2.24, 2.45) is 0 Å². The third-order valence-electron chi connectivity index (χ3n) is 6.71. The number of carboxylic acid groups (broad SMARTS) is 1. The molecule has 1 saturated heterocycles.